The van der Waals surface area contributed by atoms with Gasteiger partial charge < -0.3 is 10.0 Å². The number of fused-ring (bicyclic) bond motifs is 1. The van der Waals surface area contributed by atoms with E-state index >= 15 is 0 Å². The molecule has 0 radical (unpaired) electrons. The first-order chi connectivity index (χ1) is 10.3. The molecule has 1 aliphatic heterocycles. The Kier molecular flexibility index (Phi) is 4.15. The third kappa shape index (κ3) is 3.05. The fraction of sp³-hybridized carbons (Fsp3) is 0.353. The van der Waals surface area contributed by atoms with Crippen LogP contribution < -0.4 is 4.90 Å². The predicted octanol–water partition coefficient (Wildman–Crippen LogP) is 3.02. The smallest absolute Gasteiger partial charge is 0.213 e. The number of aryl methyl sites for hydroxylation is 1. The number of aliphatic hydroxyl groups excluding tert-OH is 1. The lowest BCUT2D eigenvalue weighted by Crippen LogP contribution is -2.30. The van der Waals surface area contributed by atoms with Gasteiger partial charge in [-0.05, 0) is 48.1 Å². The van der Waals surface area contributed by atoms with Crippen LogP contribution in [-0.2, 0) is 6.42 Å². The monoisotopic (exact) mass is 286 g/mol. The number of anilines is 1. The predicted molar refractivity (Wildman–Crippen MR) is 81.9 cm³/mol. The van der Waals surface area contributed by atoms with Gasteiger partial charge in [-0.15, -0.1) is 0 Å². The van der Waals surface area contributed by atoms with E-state index in [-0.39, 0.29) is 6.61 Å². The molecular weight excluding hydrogens is 267 g/mol. The summed E-state index contributed by atoms with van der Waals surface area (Å²) < 4.78 is 13.3. The van der Waals surface area contributed by atoms with Crippen LogP contribution in [0.4, 0.5) is 10.1 Å². The Bertz CT molecular complexity index is 630. The van der Waals surface area contributed by atoms with Gasteiger partial charge in [-0.3, -0.25) is 0 Å². The number of aromatic nitrogens is 1. The molecule has 0 spiro atoms. The summed E-state index contributed by atoms with van der Waals surface area (Å²) in [7, 11) is 0. The molecule has 0 atom stereocenters. The summed E-state index contributed by atoms with van der Waals surface area (Å²) in [5.74, 6) is -0.456. The van der Waals surface area contributed by atoms with Crippen molar-refractivity contribution in [3.05, 3.63) is 48.0 Å². The highest BCUT2D eigenvalue weighted by molar-refractivity contribution is 5.71. The third-order valence-corrected chi connectivity index (χ3v) is 3.95. The van der Waals surface area contributed by atoms with Crippen molar-refractivity contribution in [1.82, 2.24) is 4.98 Å². The maximum atomic E-state index is 13.3. The number of hydrogen-bond donors (Lipinski definition) is 1. The maximum Gasteiger partial charge on any atom is 0.213 e. The molecule has 0 aliphatic carbocycles. The summed E-state index contributed by atoms with van der Waals surface area (Å²) in [6.45, 7) is 2.08. The Balaban J connectivity index is 1.95. The van der Waals surface area contributed by atoms with E-state index in [4.69, 9.17) is 5.11 Å². The molecule has 3 rings (SSSR count). The van der Waals surface area contributed by atoms with Crippen molar-refractivity contribution in [2.45, 2.75) is 19.3 Å². The second-order valence-electron chi connectivity index (χ2n) is 5.38. The van der Waals surface area contributed by atoms with Crippen molar-refractivity contribution in [1.29, 1.82) is 0 Å². The summed E-state index contributed by atoms with van der Waals surface area (Å²) in [6, 6.07) is 9.59. The molecule has 2 heterocycles. The van der Waals surface area contributed by atoms with Crippen molar-refractivity contribution in [2.75, 3.05) is 24.6 Å². The molecular formula is C17H19FN2O. The highest BCUT2D eigenvalue weighted by Crippen LogP contribution is 2.32. The molecule has 21 heavy (non-hydrogen) atoms. The second kappa shape index (κ2) is 6.22. The van der Waals surface area contributed by atoms with Crippen molar-refractivity contribution >= 4 is 5.69 Å². The van der Waals surface area contributed by atoms with Crippen LogP contribution in [0.3, 0.4) is 0 Å². The molecule has 0 amide bonds. The van der Waals surface area contributed by atoms with E-state index in [0.29, 0.717) is 0 Å². The van der Waals surface area contributed by atoms with E-state index in [2.05, 4.69) is 22.0 Å². The lowest BCUT2D eigenvalue weighted by Gasteiger charge is -2.31. The first-order valence-electron chi connectivity index (χ1n) is 7.38. The number of benzene rings is 1. The van der Waals surface area contributed by atoms with Gasteiger partial charge in [0.05, 0.1) is 0 Å². The van der Waals surface area contributed by atoms with Crippen molar-refractivity contribution < 1.29 is 9.50 Å². The summed E-state index contributed by atoms with van der Waals surface area (Å²) in [6.07, 6.45) is 4.48. The molecule has 4 heteroatoms. The average Bonchev–Trinajstić information content (AvgIpc) is 2.52. The minimum Gasteiger partial charge on any atom is -0.396 e. The summed E-state index contributed by atoms with van der Waals surface area (Å²) in [5, 5.41) is 9.03. The van der Waals surface area contributed by atoms with Gasteiger partial charge >= 0.3 is 0 Å². The minimum atomic E-state index is -0.456. The standard InChI is InChI=1S/C17H19FN2O/c18-17-12-15(6-7-19-17)14-5-4-13-3-1-8-20(9-2-10-21)16(13)11-14/h4-7,11-12,21H,1-3,8-10H2. The zero-order chi connectivity index (χ0) is 14.7. The Hall–Kier alpha value is -1.94. The van der Waals surface area contributed by atoms with Crippen LogP contribution >= 0.6 is 0 Å². The molecule has 0 fully saturated rings. The average molecular weight is 286 g/mol. The van der Waals surface area contributed by atoms with E-state index < -0.39 is 5.95 Å². The minimum absolute atomic E-state index is 0.209. The third-order valence-electron chi connectivity index (χ3n) is 3.95. The number of pyridine rings is 1. The van der Waals surface area contributed by atoms with E-state index in [1.54, 1.807) is 0 Å². The highest BCUT2D eigenvalue weighted by atomic mass is 19.1. The van der Waals surface area contributed by atoms with Gasteiger partial charge in [0.2, 0.25) is 5.95 Å². The number of hydrogen-bond acceptors (Lipinski definition) is 3. The Morgan fingerprint density at radius 2 is 2.05 bits per heavy atom. The molecule has 1 aliphatic rings. The maximum absolute atomic E-state index is 13.3. The number of nitrogens with zero attached hydrogens (tertiary/aromatic N) is 2. The van der Waals surface area contributed by atoms with Gasteiger partial charge in [-0.1, -0.05) is 12.1 Å². The lowest BCUT2D eigenvalue weighted by atomic mass is 9.97. The Morgan fingerprint density at radius 3 is 2.86 bits per heavy atom. The molecule has 1 aromatic heterocycles. The first-order valence-corrected chi connectivity index (χ1v) is 7.38. The summed E-state index contributed by atoms with van der Waals surface area (Å²) in [5.41, 5.74) is 4.39. The van der Waals surface area contributed by atoms with Crippen molar-refractivity contribution in [3.63, 3.8) is 0 Å². The topological polar surface area (TPSA) is 36.4 Å². The van der Waals surface area contributed by atoms with Crippen LogP contribution in [0, 0.1) is 5.95 Å². The van der Waals surface area contributed by atoms with E-state index in [0.717, 1.165) is 43.5 Å². The van der Waals surface area contributed by atoms with Gasteiger partial charge in [0.1, 0.15) is 0 Å². The molecule has 0 bridgehead atoms. The SMILES string of the molecule is OCCCN1CCCc2ccc(-c3ccnc(F)c3)cc21. The van der Waals surface area contributed by atoms with Gasteiger partial charge in [0, 0.05) is 37.6 Å². The lowest BCUT2D eigenvalue weighted by molar-refractivity contribution is 0.289. The summed E-state index contributed by atoms with van der Waals surface area (Å²) in [4.78, 5) is 5.92. The zero-order valence-electron chi connectivity index (χ0n) is 11.9. The molecule has 1 aromatic carbocycles. The molecule has 0 saturated carbocycles. The number of rotatable bonds is 4. The number of halogens is 1. The highest BCUT2D eigenvalue weighted by Gasteiger charge is 2.17. The van der Waals surface area contributed by atoms with E-state index in [1.807, 2.05) is 12.1 Å². The molecule has 0 saturated heterocycles. The van der Waals surface area contributed by atoms with Crippen molar-refractivity contribution in [2.24, 2.45) is 0 Å². The molecule has 1 N–H and O–H groups in total. The quantitative estimate of drug-likeness (QED) is 0.878. The second-order valence-corrected chi connectivity index (χ2v) is 5.38. The molecule has 110 valence electrons. The van der Waals surface area contributed by atoms with Gasteiger partial charge in [-0.25, -0.2) is 4.98 Å². The van der Waals surface area contributed by atoms with E-state index in [9.17, 15) is 4.39 Å². The fourth-order valence-electron chi connectivity index (χ4n) is 2.91. The normalized spacial score (nSPS) is 14.1. The summed E-state index contributed by atoms with van der Waals surface area (Å²) >= 11 is 0. The van der Waals surface area contributed by atoms with Crippen LogP contribution in [-0.4, -0.2) is 29.8 Å². The molecule has 3 nitrogen and oxygen atoms in total. The van der Waals surface area contributed by atoms with Crippen molar-refractivity contribution in [3.8, 4) is 11.1 Å². The van der Waals surface area contributed by atoms with E-state index in [1.165, 1.54) is 23.5 Å². The molecule has 0 unspecified atom stereocenters. The van der Waals surface area contributed by atoms with Crippen LogP contribution in [0.25, 0.3) is 11.1 Å². The Morgan fingerprint density at radius 1 is 1.19 bits per heavy atom. The fourth-order valence-corrected chi connectivity index (χ4v) is 2.91. The van der Waals surface area contributed by atoms with Crippen LogP contribution in [0.2, 0.25) is 0 Å². The van der Waals surface area contributed by atoms with Crippen LogP contribution in [0.1, 0.15) is 18.4 Å². The van der Waals surface area contributed by atoms with Crippen LogP contribution in [0.5, 0.6) is 0 Å². The van der Waals surface area contributed by atoms with Gasteiger partial charge in [0.15, 0.2) is 0 Å². The molecule has 2 aromatic rings. The number of aliphatic hydroxyl groups is 1. The largest absolute Gasteiger partial charge is 0.396 e. The first kappa shape index (κ1) is 14.0. The Labute approximate surface area is 124 Å². The zero-order valence-corrected chi connectivity index (χ0v) is 11.9. The van der Waals surface area contributed by atoms with Gasteiger partial charge in [0.25, 0.3) is 0 Å². The van der Waals surface area contributed by atoms with Crippen LogP contribution in [0.15, 0.2) is 36.5 Å². The van der Waals surface area contributed by atoms with Gasteiger partial charge in [-0.2, -0.15) is 4.39 Å².